The van der Waals surface area contributed by atoms with Gasteiger partial charge in [-0.25, -0.2) is 4.39 Å². The van der Waals surface area contributed by atoms with Crippen LogP contribution in [-0.2, 0) is 0 Å². The molecule has 0 bridgehead atoms. The molecule has 15 heavy (non-hydrogen) atoms. The average Bonchev–Trinajstić information content (AvgIpc) is 2.28. The second-order valence-electron chi connectivity index (χ2n) is 3.68. The molecule has 0 nitrogen and oxygen atoms in total. The van der Waals surface area contributed by atoms with Gasteiger partial charge in [-0.2, -0.15) is 0 Å². The molecule has 1 atom stereocenters. The largest absolute Gasteiger partial charge is 0.242 e. The van der Waals surface area contributed by atoms with Gasteiger partial charge in [0.2, 0.25) is 0 Å². The van der Waals surface area contributed by atoms with Crippen molar-refractivity contribution in [1.29, 1.82) is 0 Å². The molecule has 1 radical (unpaired) electrons. The molecule has 0 aliphatic carbocycles. The molecule has 1 heteroatoms. The molecule has 0 aromatic heterocycles. The number of halogens is 1. The molecule has 2 aromatic carbocycles. The number of benzene rings is 2. The number of hydrogen-bond acceptors (Lipinski definition) is 0. The Bertz CT molecular complexity index is 443. The molecule has 0 heterocycles. The Balaban J connectivity index is 2.50. The van der Waals surface area contributed by atoms with Crippen LogP contribution in [-0.4, -0.2) is 0 Å². The number of rotatable bonds is 3. The summed E-state index contributed by atoms with van der Waals surface area (Å²) in [6, 6.07) is 13.7. The van der Waals surface area contributed by atoms with Gasteiger partial charge in [0.25, 0.3) is 0 Å². The van der Waals surface area contributed by atoms with Gasteiger partial charge < -0.3 is 0 Å². The number of hydrogen-bond donors (Lipinski definition) is 0. The van der Waals surface area contributed by atoms with Crippen molar-refractivity contribution in [2.45, 2.75) is 19.0 Å². The Morgan fingerprint density at radius 3 is 2.60 bits per heavy atom. The van der Waals surface area contributed by atoms with Crippen molar-refractivity contribution in [3.63, 3.8) is 0 Å². The van der Waals surface area contributed by atoms with E-state index in [1.807, 2.05) is 42.5 Å². The predicted molar refractivity (Wildman–Crippen MR) is 62.4 cm³/mol. The summed E-state index contributed by atoms with van der Waals surface area (Å²) in [7, 11) is 0. The summed E-state index contributed by atoms with van der Waals surface area (Å²) < 4.78 is 13.8. The van der Waals surface area contributed by atoms with Crippen molar-refractivity contribution in [3.8, 4) is 0 Å². The van der Waals surface area contributed by atoms with Crippen LogP contribution >= 0.6 is 0 Å². The molecule has 1 unspecified atom stereocenters. The molecule has 0 fully saturated rings. The highest BCUT2D eigenvalue weighted by Crippen LogP contribution is 2.29. The van der Waals surface area contributed by atoms with E-state index in [1.165, 1.54) is 0 Å². The Kier molecular flexibility index (Phi) is 3.00. The molecular weight excluding hydrogens is 187 g/mol. The minimum atomic E-state index is -0.895. The first-order chi connectivity index (χ1) is 7.33. The standard InChI is InChI=1S/C14H14F/c1-2-6-14(15)13-10-5-8-11-7-3-4-9-12(11)13/h3-5,7-10,14H,1-2,6H2. The lowest BCUT2D eigenvalue weighted by Crippen LogP contribution is -1.92. The van der Waals surface area contributed by atoms with Crippen LogP contribution in [0.4, 0.5) is 4.39 Å². The highest BCUT2D eigenvalue weighted by Gasteiger charge is 2.11. The lowest BCUT2D eigenvalue weighted by Gasteiger charge is -2.10. The minimum absolute atomic E-state index is 0.494. The minimum Gasteiger partial charge on any atom is -0.242 e. The van der Waals surface area contributed by atoms with Gasteiger partial charge in [0.1, 0.15) is 6.17 Å². The zero-order chi connectivity index (χ0) is 10.7. The number of alkyl halides is 1. The van der Waals surface area contributed by atoms with Gasteiger partial charge in [-0.15, -0.1) is 0 Å². The maximum Gasteiger partial charge on any atom is 0.126 e. The molecule has 0 saturated heterocycles. The fourth-order valence-corrected chi connectivity index (χ4v) is 1.86. The van der Waals surface area contributed by atoms with Gasteiger partial charge in [-0.3, -0.25) is 0 Å². The van der Waals surface area contributed by atoms with Gasteiger partial charge in [0.15, 0.2) is 0 Å². The molecule has 0 saturated carbocycles. The normalized spacial score (nSPS) is 12.9. The fourth-order valence-electron chi connectivity index (χ4n) is 1.86. The summed E-state index contributed by atoms with van der Waals surface area (Å²) in [5.74, 6) is 0. The van der Waals surface area contributed by atoms with E-state index in [4.69, 9.17) is 0 Å². The molecule has 2 rings (SSSR count). The van der Waals surface area contributed by atoms with Crippen molar-refractivity contribution >= 4 is 10.8 Å². The number of fused-ring (bicyclic) bond motifs is 1. The van der Waals surface area contributed by atoms with E-state index in [2.05, 4.69) is 6.92 Å². The van der Waals surface area contributed by atoms with Crippen molar-refractivity contribution < 1.29 is 4.39 Å². The van der Waals surface area contributed by atoms with E-state index < -0.39 is 6.17 Å². The zero-order valence-corrected chi connectivity index (χ0v) is 8.62. The van der Waals surface area contributed by atoms with Crippen LogP contribution in [0.15, 0.2) is 42.5 Å². The molecule has 0 spiro atoms. The van der Waals surface area contributed by atoms with E-state index in [9.17, 15) is 4.39 Å². The van der Waals surface area contributed by atoms with E-state index in [-0.39, 0.29) is 0 Å². The Hall–Kier alpha value is -1.37. The van der Waals surface area contributed by atoms with Crippen LogP contribution < -0.4 is 0 Å². The van der Waals surface area contributed by atoms with Crippen LogP contribution in [0.2, 0.25) is 0 Å². The summed E-state index contributed by atoms with van der Waals surface area (Å²) in [5, 5.41) is 2.11. The van der Waals surface area contributed by atoms with E-state index in [0.29, 0.717) is 12.8 Å². The first-order valence-corrected chi connectivity index (χ1v) is 5.24. The highest BCUT2D eigenvalue weighted by atomic mass is 19.1. The quantitative estimate of drug-likeness (QED) is 0.687. The molecule has 0 amide bonds. The van der Waals surface area contributed by atoms with Crippen LogP contribution in [0.25, 0.3) is 10.8 Å². The first kappa shape index (κ1) is 10.2. The van der Waals surface area contributed by atoms with Gasteiger partial charge >= 0.3 is 0 Å². The van der Waals surface area contributed by atoms with E-state index >= 15 is 0 Å². The van der Waals surface area contributed by atoms with Crippen molar-refractivity contribution in [2.75, 3.05) is 0 Å². The molecule has 0 aliphatic rings. The van der Waals surface area contributed by atoms with Crippen molar-refractivity contribution in [3.05, 3.63) is 55.0 Å². The predicted octanol–water partition coefficient (Wildman–Crippen LogP) is 4.46. The van der Waals surface area contributed by atoms with Gasteiger partial charge in [-0.05, 0) is 22.8 Å². The monoisotopic (exact) mass is 201 g/mol. The Morgan fingerprint density at radius 2 is 1.80 bits per heavy atom. The second-order valence-corrected chi connectivity index (χ2v) is 3.68. The fraction of sp³-hybridized carbons (Fsp3) is 0.214. The highest BCUT2D eigenvalue weighted by molar-refractivity contribution is 5.85. The van der Waals surface area contributed by atoms with E-state index in [0.717, 1.165) is 16.3 Å². The topological polar surface area (TPSA) is 0 Å². The third-order valence-corrected chi connectivity index (χ3v) is 2.62. The molecular formula is C14H14F. The molecule has 0 aliphatic heterocycles. The maximum absolute atomic E-state index is 13.8. The molecule has 0 N–H and O–H groups in total. The summed E-state index contributed by atoms with van der Waals surface area (Å²) in [6.07, 6.45) is 0.229. The van der Waals surface area contributed by atoms with E-state index in [1.54, 1.807) is 0 Å². The maximum atomic E-state index is 13.8. The molecule has 77 valence electrons. The summed E-state index contributed by atoms with van der Waals surface area (Å²) in [6.45, 7) is 3.69. The van der Waals surface area contributed by atoms with Crippen LogP contribution in [0.5, 0.6) is 0 Å². The van der Waals surface area contributed by atoms with Gasteiger partial charge in [0.05, 0.1) is 0 Å². The smallest absolute Gasteiger partial charge is 0.126 e. The SMILES string of the molecule is [CH2]CCC(F)c1cccc2ccccc12. The third kappa shape index (κ3) is 2.01. The third-order valence-electron chi connectivity index (χ3n) is 2.62. The lowest BCUT2D eigenvalue weighted by atomic mass is 9.99. The van der Waals surface area contributed by atoms with Gasteiger partial charge in [-0.1, -0.05) is 55.8 Å². The van der Waals surface area contributed by atoms with Crippen molar-refractivity contribution in [2.24, 2.45) is 0 Å². The summed E-state index contributed by atoms with van der Waals surface area (Å²) in [5.41, 5.74) is 0.789. The Morgan fingerprint density at radius 1 is 1.07 bits per heavy atom. The molecule has 2 aromatic rings. The van der Waals surface area contributed by atoms with Crippen LogP contribution in [0, 0.1) is 6.92 Å². The zero-order valence-electron chi connectivity index (χ0n) is 8.62. The average molecular weight is 201 g/mol. The first-order valence-electron chi connectivity index (χ1n) is 5.24. The lowest BCUT2D eigenvalue weighted by molar-refractivity contribution is 0.327. The van der Waals surface area contributed by atoms with Crippen LogP contribution in [0.3, 0.4) is 0 Å². The van der Waals surface area contributed by atoms with Gasteiger partial charge in [0, 0.05) is 0 Å². The van der Waals surface area contributed by atoms with Crippen molar-refractivity contribution in [1.82, 2.24) is 0 Å². The Labute approximate surface area is 89.7 Å². The summed E-state index contributed by atoms with van der Waals surface area (Å²) in [4.78, 5) is 0. The second kappa shape index (κ2) is 4.43. The summed E-state index contributed by atoms with van der Waals surface area (Å²) >= 11 is 0. The van der Waals surface area contributed by atoms with Crippen LogP contribution in [0.1, 0.15) is 24.6 Å².